The first kappa shape index (κ1) is 16.6. The summed E-state index contributed by atoms with van der Waals surface area (Å²) in [7, 11) is 0. The number of pyridine rings is 1. The summed E-state index contributed by atoms with van der Waals surface area (Å²) in [4.78, 5) is 15.6. The van der Waals surface area contributed by atoms with E-state index in [0.29, 0.717) is 21.9 Å². The van der Waals surface area contributed by atoms with Crippen molar-refractivity contribution < 1.29 is 15.4 Å². The number of rotatable bonds is 3. The standard InChI is InChI=1S/C14H12ClN3O2.H2O/c1-9(12-7-11(15)4-5-13(12)19)17-18-14(20)10-3-2-6-16-8-10;/h2-8,19H,1H3,(H,18,20);1H2/b17-9+;. The molecule has 0 aliphatic heterocycles. The zero-order valence-electron chi connectivity index (χ0n) is 11.2. The smallest absolute Gasteiger partial charge is 0.272 e. The molecule has 0 bridgehead atoms. The van der Waals surface area contributed by atoms with Gasteiger partial charge in [-0.15, -0.1) is 0 Å². The van der Waals surface area contributed by atoms with Gasteiger partial charge >= 0.3 is 0 Å². The summed E-state index contributed by atoms with van der Waals surface area (Å²) in [6.45, 7) is 1.66. The minimum Gasteiger partial charge on any atom is -0.507 e. The van der Waals surface area contributed by atoms with Gasteiger partial charge in [0.15, 0.2) is 0 Å². The van der Waals surface area contributed by atoms with Crippen molar-refractivity contribution in [3.63, 3.8) is 0 Å². The van der Waals surface area contributed by atoms with Crippen molar-refractivity contribution in [1.82, 2.24) is 10.4 Å². The first-order valence-corrected chi connectivity index (χ1v) is 6.19. The van der Waals surface area contributed by atoms with E-state index in [1.165, 1.54) is 12.3 Å². The highest BCUT2D eigenvalue weighted by Gasteiger charge is 2.07. The number of aromatic nitrogens is 1. The number of amides is 1. The van der Waals surface area contributed by atoms with Gasteiger partial charge in [0.25, 0.3) is 5.91 Å². The maximum Gasteiger partial charge on any atom is 0.272 e. The number of phenols is 1. The lowest BCUT2D eigenvalue weighted by atomic mass is 10.1. The molecule has 0 unspecified atom stereocenters. The molecule has 0 atom stereocenters. The third-order valence-electron chi connectivity index (χ3n) is 2.60. The lowest BCUT2D eigenvalue weighted by Crippen LogP contribution is -2.19. The van der Waals surface area contributed by atoms with E-state index >= 15 is 0 Å². The fraction of sp³-hybridized carbons (Fsp3) is 0.0714. The Hall–Kier alpha value is -2.44. The lowest BCUT2D eigenvalue weighted by molar-refractivity contribution is 0.0954. The fourth-order valence-electron chi connectivity index (χ4n) is 1.55. The van der Waals surface area contributed by atoms with Crippen molar-refractivity contribution in [2.45, 2.75) is 6.92 Å². The molecule has 2 aromatic rings. The first-order chi connectivity index (χ1) is 9.58. The fourth-order valence-corrected chi connectivity index (χ4v) is 1.73. The molecule has 0 saturated heterocycles. The molecule has 2 rings (SSSR count). The number of phenolic OH excluding ortho intramolecular Hbond substituents is 1. The molecule has 1 aromatic carbocycles. The second-order valence-corrected chi connectivity index (χ2v) is 4.48. The van der Waals surface area contributed by atoms with E-state index in [2.05, 4.69) is 15.5 Å². The Bertz CT molecular complexity index is 660. The highest BCUT2D eigenvalue weighted by Crippen LogP contribution is 2.21. The molecule has 0 saturated carbocycles. The monoisotopic (exact) mass is 307 g/mol. The Balaban J connectivity index is 0.00000220. The van der Waals surface area contributed by atoms with Crippen LogP contribution >= 0.6 is 11.6 Å². The number of nitrogens with one attached hydrogen (secondary N) is 1. The van der Waals surface area contributed by atoms with Crippen molar-refractivity contribution >= 4 is 23.2 Å². The number of halogens is 1. The van der Waals surface area contributed by atoms with Gasteiger partial charge in [-0.2, -0.15) is 5.10 Å². The average molecular weight is 308 g/mol. The Morgan fingerprint density at radius 3 is 2.81 bits per heavy atom. The molecule has 1 heterocycles. The van der Waals surface area contributed by atoms with Crippen LogP contribution in [0.2, 0.25) is 5.02 Å². The highest BCUT2D eigenvalue weighted by molar-refractivity contribution is 6.31. The van der Waals surface area contributed by atoms with Gasteiger partial charge in [-0.25, -0.2) is 5.43 Å². The van der Waals surface area contributed by atoms with Gasteiger partial charge in [-0.1, -0.05) is 11.6 Å². The van der Waals surface area contributed by atoms with Gasteiger partial charge in [0.2, 0.25) is 0 Å². The van der Waals surface area contributed by atoms with Crippen LogP contribution in [-0.2, 0) is 0 Å². The molecule has 0 fully saturated rings. The summed E-state index contributed by atoms with van der Waals surface area (Å²) in [6.07, 6.45) is 3.02. The minimum atomic E-state index is -0.376. The van der Waals surface area contributed by atoms with Crippen LogP contribution in [0.4, 0.5) is 0 Å². The van der Waals surface area contributed by atoms with E-state index in [1.54, 1.807) is 37.4 Å². The lowest BCUT2D eigenvalue weighted by Gasteiger charge is -2.05. The molecular weight excluding hydrogens is 294 g/mol. The Labute approximate surface area is 126 Å². The van der Waals surface area contributed by atoms with Crippen molar-refractivity contribution in [2.24, 2.45) is 5.10 Å². The van der Waals surface area contributed by atoms with Crippen molar-refractivity contribution in [3.05, 3.63) is 58.9 Å². The van der Waals surface area contributed by atoms with Gasteiger partial charge in [-0.3, -0.25) is 9.78 Å². The molecule has 0 radical (unpaired) electrons. The average Bonchev–Trinajstić information content (AvgIpc) is 2.47. The van der Waals surface area contributed by atoms with Crippen LogP contribution < -0.4 is 5.43 Å². The molecule has 0 aliphatic rings. The quantitative estimate of drug-likeness (QED) is 0.666. The normalized spacial score (nSPS) is 10.7. The largest absolute Gasteiger partial charge is 0.507 e. The van der Waals surface area contributed by atoms with Crippen LogP contribution in [0.5, 0.6) is 5.75 Å². The van der Waals surface area contributed by atoms with Crippen LogP contribution in [0.3, 0.4) is 0 Å². The third-order valence-corrected chi connectivity index (χ3v) is 2.83. The predicted octanol–water partition coefficient (Wildman–Crippen LogP) is 1.77. The SMILES string of the molecule is C/C(=N\NC(=O)c1cccnc1)c1cc(Cl)ccc1O.O. The van der Waals surface area contributed by atoms with Gasteiger partial charge in [0.1, 0.15) is 5.75 Å². The molecule has 0 spiro atoms. The third kappa shape index (κ3) is 4.27. The van der Waals surface area contributed by atoms with Gasteiger partial charge < -0.3 is 10.6 Å². The van der Waals surface area contributed by atoms with Crippen LogP contribution in [-0.4, -0.2) is 27.2 Å². The number of hydrogen-bond acceptors (Lipinski definition) is 4. The molecule has 1 amide bonds. The van der Waals surface area contributed by atoms with Crippen LogP contribution in [0.25, 0.3) is 0 Å². The summed E-state index contributed by atoms with van der Waals surface area (Å²) < 4.78 is 0. The Kier molecular flexibility index (Phi) is 5.83. The summed E-state index contributed by atoms with van der Waals surface area (Å²) in [5.41, 5.74) is 3.71. The molecule has 21 heavy (non-hydrogen) atoms. The van der Waals surface area contributed by atoms with E-state index in [4.69, 9.17) is 11.6 Å². The van der Waals surface area contributed by atoms with Crippen LogP contribution in [0.15, 0.2) is 47.8 Å². The number of hydrogen-bond donors (Lipinski definition) is 2. The molecule has 1 aromatic heterocycles. The van der Waals surface area contributed by atoms with E-state index in [0.717, 1.165) is 0 Å². The second kappa shape index (κ2) is 7.37. The molecular formula is C14H14ClN3O3. The molecule has 7 heteroatoms. The minimum absolute atomic E-state index is 0. The van der Waals surface area contributed by atoms with E-state index in [9.17, 15) is 9.90 Å². The Morgan fingerprint density at radius 1 is 1.38 bits per heavy atom. The maximum absolute atomic E-state index is 11.8. The number of benzene rings is 1. The summed E-state index contributed by atoms with van der Waals surface area (Å²) in [6, 6.07) is 7.91. The predicted molar refractivity (Wildman–Crippen MR) is 80.6 cm³/mol. The maximum atomic E-state index is 11.8. The van der Waals surface area contributed by atoms with Crippen molar-refractivity contribution in [3.8, 4) is 5.75 Å². The molecule has 6 nitrogen and oxygen atoms in total. The number of aromatic hydroxyl groups is 1. The first-order valence-electron chi connectivity index (χ1n) is 5.81. The van der Waals surface area contributed by atoms with Crippen molar-refractivity contribution in [1.29, 1.82) is 0 Å². The molecule has 4 N–H and O–H groups in total. The van der Waals surface area contributed by atoms with Crippen LogP contribution in [0.1, 0.15) is 22.8 Å². The summed E-state index contributed by atoms with van der Waals surface area (Å²) in [5.74, 6) is -0.328. The number of hydrazone groups is 1. The zero-order chi connectivity index (χ0) is 14.5. The second-order valence-electron chi connectivity index (χ2n) is 4.04. The summed E-state index contributed by atoms with van der Waals surface area (Å²) >= 11 is 5.86. The molecule has 0 aliphatic carbocycles. The van der Waals surface area contributed by atoms with E-state index in [1.807, 2.05) is 0 Å². The number of carbonyl (C=O) groups is 1. The Morgan fingerprint density at radius 2 is 2.14 bits per heavy atom. The number of carbonyl (C=O) groups excluding carboxylic acids is 1. The topological polar surface area (TPSA) is 106 Å². The van der Waals surface area contributed by atoms with Gasteiger partial charge in [0, 0.05) is 23.0 Å². The highest BCUT2D eigenvalue weighted by atomic mass is 35.5. The van der Waals surface area contributed by atoms with E-state index < -0.39 is 0 Å². The van der Waals surface area contributed by atoms with Crippen molar-refractivity contribution in [2.75, 3.05) is 0 Å². The summed E-state index contributed by atoms with van der Waals surface area (Å²) in [5, 5.41) is 14.1. The number of nitrogens with zero attached hydrogens (tertiary/aromatic N) is 2. The van der Waals surface area contributed by atoms with E-state index in [-0.39, 0.29) is 17.1 Å². The molecule has 110 valence electrons. The van der Waals surface area contributed by atoms with Gasteiger partial charge in [-0.05, 0) is 37.3 Å². The van der Waals surface area contributed by atoms with Crippen LogP contribution in [0, 0.1) is 0 Å². The van der Waals surface area contributed by atoms with Gasteiger partial charge in [0.05, 0.1) is 11.3 Å². The zero-order valence-corrected chi connectivity index (χ0v) is 11.9.